The highest BCUT2D eigenvalue weighted by Crippen LogP contribution is 2.49. The first-order valence-corrected chi connectivity index (χ1v) is 7.59. The van der Waals surface area contributed by atoms with Gasteiger partial charge in [-0.05, 0) is 29.4 Å². The maximum absolute atomic E-state index is 6.35. The van der Waals surface area contributed by atoms with E-state index in [1.54, 1.807) is 0 Å². The second-order valence-corrected chi connectivity index (χ2v) is 6.23. The van der Waals surface area contributed by atoms with Crippen LogP contribution in [0.5, 0.6) is 0 Å². The highest BCUT2D eigenvalue weighted by Gasteiger charge is 2.44. The Morgan fingerprint density at radius 2 is 2.47 bits per heavy atom. The lowest BCUT2D eigenvalue weighted by Gasteiger charge is -2.39. The molecular formula is C14H19BrClN. The lowest BCUT2D eigenvalue weighted by Crippen LogP contribution is -2.32. The van der Waals surface area contributed by atoms with Crippen molar-refractivity contribution in [3.63, 3.8) is 0 Å². The summed E-state index contributed by atoms with van der Waals surface area (Å²) in [5.41, 5.74) is 3.11. The third-order valence-electron chi connectivity index (χ3n) is 4.13. The van der Waals surface area contributed by atoms with Gasteiger partial charge >= 0.3 is 0 Å². The van der Waals surface area contributed by atoms with E-state index in [4.69, 9.17) is 11.6 Å². The van der Waals surface area contributed by atoms with E-state index in [9.17, 15) is 0 Å². The number of rotatable bonds is 2. The van der Waals surface area contributed by atoms with Gasteiger partial charge in [-0.3, -0.25) is 0 Å². The lowest BCUT2D eigenvalue weighted by atomic mass is 9.65. The second kappa shape index (κ2) is 5.29. The summed E-state index contributed by atoms with van der Waals surface area (Å²) in [6.45, 7) is 8.40. The first kappa shape index (κ1) is 13.4. The summed E-state index contributed by atoms with van der Waals surface area (Å²) in [6.07, 6.45) is 6.34. The SMILES string of the molecule is C=C/C=C1\C(=C(\Cl)CBr)CC[C@@]2(C)CNC[C@@H]12. The Balaban J connectivity index is 2.42. The van der Waals surface area contributed by atoms with Gasteiger partial charge < -0.3 is 5.32 Å². The van der Waals surface area contributed by atoms with Crippen LogP contribution in [0.1, 0.15) is 19.8 Å². The topological polar surface area (TPSA) is 12.0 Å². The summed E-state index contributed by atoms with van der Waals surface area (Å²) in [4.78, 5) is 0. The quantitative estimate of drug-likeness (QED) is 0.759. The highest BCUT2D eigenvalue weighted by atomic mass is 79.9. The molecule has 2 aliphatic rings. The van der Waals surface area contributed by atoms with Gasteiger partial charge in [-0.1, -0.05) is 53.2 Å². The predicted molar refractivity (Wildman–Crippen MR) is 78.7 cm³/mol. The van der Waals surface area contributed by atoms with Crippen LogP contribution in [0.4, 0.5) is 0 Å². The zero-order valence-corrected chi connectivity index (χ0v) is 12.6. The van der Waals surface area contributed by atoms with Gasteiger partial charge in [0, 0.05) is 29.4 Å². The van der Waals surface area contributed by atoms with Crippen LogP contribution in [0, 0.1) is 11.3 Å². The van der Waals surface area contributed by atoms with Crippen LogP contribution in [0.15, 0.2) is 34.9 Å². The van der Waals surface area contributed by atoms with E-state index < -0.39 is 0 Å². The summed E-state index contributed by atoms with van der Waals surface area (Å²) in [5, 5.41) is 5.21. The van der Waals surface area contributed by atoms with Crippen LogP contribution in [0.2, 0.25) is 0 Å². The molecule has 0 amide bonds. The minimum Gasteiger partial charge on any atom is -0.316 e. The van der Waals surface area contributed by atoms with Gasteiger partial charge in [-0.25, -0.2) is 0 Å². The molecule has 1 aliphatic carbocycles. The Hall–Kier alpha value is -0.0500. The van der Waals surface area contributed by atoms with E-state index in [1.165, 1.54) is 17.6 Å². The molecule has 2 atom stereocenters. The Morgan fingerprint density at radius 3 is 3.12 bits per heavy atom. The average Bonchev–Trinajstić information content (AvgIpc) is 2.71. The van der Waals surface area contributed by atoms with Gasteiger partial charge in [-0.15, -0.1) is 0 Å². The lowest BCUT2D eigenvalue weighted by molar-refractivity contribution is 0.247. The van der Waals surface area contributed by atoms with E-state index in [0.717, 1.165) is 29.9 Å². The van der Waals surface area contributed by atoms with Crippen LogP contribution in [0.25, 0.3) is 0 Å². The first-order chi connectivity index (χ1) is 8.12. The van der Waals surface area contributed by atoms with Crippen LogP contribution >= 0.6 is 27.5 Å². The van der Waals surface area contributed by atoms with Crippen molar-refractivity contribution < 1.29 is 0 Å². The molecule has 0 aromatic heterocycles. The molecule has 0 unspecified atom stereocenters. The third-order valence-corrected chi connectivity index (χ3v) is 5.38. The zero-order valence-electron chi connectivity index (χ0n) is 10.2. The van der Waals surface area contributed by atoms with Crippen molar-refractivity contribution in [2.24, 2.45) is 11.3 Å². The summed E-state index contributed by atoms with van der Waals surface area (Å²) >= 11 is 9.80. The maximum Gasteiger partial charge on any atom is 0.0393 e. The van der Waals surface area contributed by atoms with Crippen molar-refractivity contribution in [2.75, 3.05) is 18.4 Å². The van der Waals surface area contributed by atoms with Crippen molar-refractivity contribution in [1.82, 2.24) is 5.32 Å². The number of hydrogen-bond donors (Lipinski definition) is 1. The van der Waals surface area contributed by atoms with Crippen LogP contribution < -0.4 is 5.32 Å². The maximum atomic E-state index is 6.35. The molecule has 0 aromatic carbocycles. The molecule has 2 fully saturated rings. The normalized spacial score (nSPS) is 38.1. The van der Waals surface area contributed by atoms with Crippen molar-refractivity contribution in [3.8, 4) is 0 Å². The molecule has 1 saturated carbocycles. The van der Waals surface area contributed by atoms with Crippen LogP contribution in [-0.2, 0) is 0 Å². The van der Waals surface area contributed by atoms with Gasteiger partial charge in [0.15, 0.2) is 0 Å². The number of hydrogen-bond acceptors (Lipinski definition) is 1. The standard InChI is InChI=1S/C14H19BrClN/c1-3-4-10-11(13(16)7-15)5-6-14(2)9-17-8-12(10)14/h3-4,12,17H,1,5-9H2,2H3/b10-4+,13-11+/t12-,14-/m0/s1. The van der Waals surface area contributed by atoms with E-state index in [-0.39, 0.29) is 0 Å². The monoisotopic (exact) mass is 315 g/mol. The van der Waals surface area contributed by atoms with Crippen molar-refractivity contribution in [3.05, 3.63) is 34.9 Å². The Morgan fingerprint density at radius 1 is 1.71 bits per heavy atom. The molecule has 1 aliphatic heterocycles. The molecule has 17 heavy (non-hydrogen) atoms. The summed E-state index contributed by atoms with van der Waals surface area (Å²) < 4.78 is 0. The van der Waals surface area contributed by atoms with Crippen molar-refractivity contribution in [1.29, 1.82) is 0 Å². The highest BCUT2D eigenvalue weighted by molar-refractivity contribution is 9.09. The van der Waals surface area contributed by atoms with Gasteiger partial charge in [0.1, 0.15) is 0 Å². The smallest absolute Gasteiger partial charge is 0.0393 e. The van der Waals surface area contributed by atoms with Crippen LogP contribution in [0.3, 0.4) is 0 Å². The molecule has 1 heterocycles. The fraction of sp³-hybridized carbons (Fsp3) is 0.571. The Labute approximate surface area is 117 Å². The largest absolute Gasteiger partial charge is 0.316 e. The van der Waals surface area contributed by atoms with Gasteiger partial charge in [-0.2, -0.15) is 0 Å². The third kappa shape index (κ3) is 2.40. The molecule has 0 aromatic rings. The molecule has 1 saturated heterocycles. The number of nitrogens with one attached hydrogen (secondary N) is 1. The minimum atomic E-state index is 0.391. The Kier molecular flexibility index (Phi) is 4.17. The molecule has 1 nitrogen and oxygen atoms in total. The number of halogens is 2. The van der Waals surface area contributed by atoms with E-state index in [0.29, 0.717) is 11.3 Å². The molecule has 0 spiro atoms. The van der Waals surface area contributed by atoms with Gasteiger partial charge in [0.25, 0.3) is 0 Å². The van der Waals surface area contributed by atoms with Gasteiger partial charge in [0.2, 0.25) is 0 Å². The van der Waals surface area contributed by atoms with Gasteiger partial charge in [0.05, 0.1) is 0 Å². The molecule has 0 bridgehead atoms. The number of fused-ring (bicyclic) bond motifs is 1. The Bertz CT molecular complexity index is 386. The molecule has 3 heteroatoms. The van der Waals surface area contributed by atoms with E-state index in [2.05, 4.69) is 40.8 Å². The van der Waals surface area contributed by atoms with E-state index in [1.807, 2.05) is 6.08 Å². The average molecular weight is 317 g/mol. The van der Waals surface area contributed by atoms with Crippen molar-refractivity contribution in [2.45, 2.75) is 19.8 Å². The summed E-state index contributed by atoms with van der Waals surface area (Å²) in [7, 11) is 0. The second-order valence-electron chi connectivity index (χ2n) is 5.21. The number of alkyl halides is 1. The van der Waals surface area contributed by atoms with Crippen molar-refractivity contribution >= 4 is 27.5 Å². The molecule has 0 radical (unpaired) electrons. The summed E-state index contributed by atoms with van der Waals surface area (Å²) in [5.74, 6) is 0.581. The predicted octanol–water partition coefficient (Wildman–Crippen LogP) is 4.01. The van der Waals surface area contributed by atoms with Crippen LogP contribution in [-0.4, -0.2) is 18.4 Å². The molecule has 1 N–H and O–H groups in total. The number of allylic oxidation sites excluding steroid dienone is 4. The zero-order chi connectivity index (χ0) is 12.5. The summed E-state index contributed by atoms with van der Waals surface area (Å²) in [6, 6.07) is 0. The fourth-order valence-corrected chi connectivity index (χ4v) is 3.64. The molecule has 94 valence electrons. The minimum absolute atomic E-state index is 0.391. The van der Waals surface area contributed by atoms with E-state index >= 15 is 0 Å². The molecular weight excluding hydrogens is 298 g/mol. The first-order valence-electron chi connectivity index (χ1n) is 6.09. The molecule has 2 rings (SSSR count). The fourth-order valence-electron chi connectivity index (χ4n) is 3.10.